The Balaban J connectivity index is 2.01. The molecule has 0 spiro atoms. The minimum Gasteiger partial charge on any atom is -0.465 e. The fourth-order valence-corrected chi connectivity index (χ4v) is 2.28. The van der Waals surface area contributed by atoms with Gasteiger partial charge in [0.2, 0.25) is 0 Å². The van der Waals surface area contributed by atoms with Gasteiger partial charge in [-0.2, -0.15) is 0 Å². The van der Waals surface area contributed by atoms with Crippen LogP contribution in [0.4, 0.5) is 16.2 Å². The highest BCUT2D eigenvalue weighted by Gasteiger charge is 2.13. The molecule has 0 fully saturated rings. The molecule has 136 valence electrons. The van der Waals surface area contributed by atoms with Crippen molar-refractivity contribution < 1.29 is 24.2 Å². The number of esters is 1. The van der Waals surface area contributed by atoms with Crippen LogP contribution in [-0.4, -0.2) is 36.7 Å². The van der Waals surface area contributed by atoms with Gasteiger partial charge < -0.3 is 26.2 Å². The van der Waals surface area contributed by atoms with Crippen molar-refractivity contribution in [3.8, 4) is 0 Å². The second-order valence-corrected chi connectivity index (χ2v) is 5.43. The SMILES string of the molecule is COC(=O)c1ccc(C(=O)Nc2ccc(CCNC(=O)O)cc2)c(N)c1. The molecule has 26 heavy (non-hydrogen) atoms. The van der Waals surface area contributed by atoms with Gasteiger partial charge in [0.05, 0.1) is 18.2 Å². The standard InChI is InChI=1S/C18H19N3O5/c1-26-17(23)12-4-7-14(15(19)10-12)16(22)21-13-5-2-11(3-6-13)8-9-20-18(24)25/h2-7,10,20H,8-9,19H2,1H3,(H,21,22)(H,24,25). The van der Waals surface area contributed by atoms with Gasteiger partial charge in [-0.3, -0.25) is 4.79 Å². The number of carboxylic acid groups (broad SMARTS) is 1. The van der Waals surface area contributed by atoms with Gasteiger partial charge in [0.1, 0.15) is 0 Å². The fraction of sp³-hybridized carbons (Fsp3) is 0.167. The van der Waals surface area contributed by atoms with Gasteiger partial charge in [-0.05, 0) is 42.3 Å². The first-order valence-electron chi connectivity index (χ1n) is 7.75. The minimum atomic E-state index is -1.07. The van der Waals surface area contributed by atoms with Crippen molar-refractivity contribution in [2.45, 2.75) is 6.42 Å². The predicted molar refractivity (Wildman–Crippen MR) is 96.3 cm³/mol. The lowest BCUT2D eigenvalue weighted by Gasteiger charge is -2.09. The number of carbonyl (C=O) groups is 3. The van der Waals surface area contributed by atoms with Crippen molar-refractivity contribution in [1.29, 1.82) is 0 Å². The van der Waals surface area contributed by atoms with Crippen molar-refractivity contribution in [3.63, 3.8) is 0 Å². The van der Waals surface area contributed by atoms with E-state index in [-0.39, 0.29) is 16.8 Å². The van der Waals surface area contributed by atoms with Crippen LogP contribution in [0.25, 0.3) is 0 Å². The molecule has 0 saturated heterocycles. The fourth-order valence-electron chi connectivity index (χ4n) is 2.28. The Labute approximate surface area is 150 Å². The molecular formula is C18H19N3O5. The molecular weight excluding hydrogens is 338 g/mol. The van der Waals surface area contributed by atoms with Gasteiger partial charge >= 0.3 is 12.1 Å². The van der Waals surface area contributed by atoms with Gasteiger partial charge in [-0.25, -0.2) is 9.59 Å². The Morgan fingerprint density at radius 3 is 2.38 bits per heavy atom. The van der Waals surface area contributed by atoms with Crippen molar-refractivity contribution >= 4 is 29.3 Å². The van der Waals surface area contributed by atoms with Gasteiger partial charge in [-0.1, -0.05) is 12.1 Å². The van der Waals surface area contributed by atoms with E-state index in [2.05, 4.69) is 15.4 Å². The van der Waals surface area contributed by atoms with E-state index in [0.717, 1.165) is 5.56 Å². The lowest BCUT2D eigenvalue weighted by molar-refractivity contribution is 0.0600. The summed E-state index contributed by atoms with van der Waals surface area (Å²) in [6.07, 6.45) is -0.521. The molecule has 2 rings (SSSR count). The Bertz CT molecular complexity index is 818. The molecule has 0 aliphatic rings. The van der Waals surface area contributed by atoms with E-state index in [9.17, 15) is 14.4 Å². The molecule has 5 N–H and O–H groups in total. The quantitative estimate of drug-likeness (QED) is 0.463. The summed E-state index contributed by atoms with van der Waals surface area (Å²) in [6.45, 7) is 0.310. The third-order valence-corrected chi connectivity index (χ3v) is 3.62. The summed E-state index contributed by atoms with van der Waals surface area (Å²) in [5.41, 5.74) is 8.02. The number of benzene rings is 2. The number of hydrogen-bond acceptors (Lipinski definition) is 5. The van der Waals surface area contributed by atoms with Gasteiger partial charge in [-0.15, -0.1) is 0 Å². The summed E-state index contributed by atoms with van der Waals surface area (Å²) < 4.78 is 4.61. The van der Waals surface area contributed by atoms with E-state index >= 15 is 0 Å². The first-order valence-corrected chi connectivity index (χ1v) is 7.75. The smallest absolute Gasteiger partial charge is 0.404 e. The number of carbonyl (C=O) groups excluding carboxylic acids is 2. The second-order valence-electron chi connectivity index (χ2n) is 5.43. The van der Waals surface area contributed by atoms with Crippen molar-refractivity contribution in [2.75, 3.05) is 24.7 Å². The normalized spacial score (nSPS) is 10.0. The van der Waals surface area contributed by atoms with Crippen LogP contribution in [0.15, 0.2) is 42.5 Å². The Morgan fingerprint density at radius 1 is 1.12 bits per heavy atom. The molecule has 0 heterocycles. The Hall–Kier alpha value is -3.55. The average Bonchev–Trinajstić information content (AvgIpc) is 2.62. The molecule has 2 amide bonds. The molecule has 0 atom stereocenters. The van der Waals surface area contributed by atoms with Crippen LogP contribution in [0.2, 0.25) is 0 Å². The summed E-state index contributed by atoms with van der Waals surface area (Å²) in [5, 5.41) is 13.5. The van der Waals surface area contributed by atoms with Crippen LogP contribution >= 0.6 is 0 Å². The lowest BCUT2D eigenvalue weighted by Crippen LogP contribution is -2.23. The molecule has 0 unspecified atom stereocenters. The zero-order valence-electron chi connectivity index (χ0n) is 14.1. The van der Waals surface area contributed by atoms with E-state index in [1.54, 1.807) is 24.3 Å². The van der Waals surface area contributed by atoms with Gasteiger partial charge in [0.25, 0.3) is 5.91 Å². The number of ether oxygens (including phenoxy) is 1. The maximum absolute atomic E-state index is 12.3. The molecule has 0 bridgehead atoms. The first kappa shape index (κ1) is 18.8. The number of nitrogen functional groups attached to an aromatic ring is 1. The molecule has 2 aromatic rings. The summed E-state index contributed by atoms with van der Waals surface area (Å²) >= 11 is 0. The predicted octanol–water partition coefficient (Wildman–Crippen LogP) is 2.12. The van der Waals surface area contributed by atoms with Crippen molar-refractivity contribution in [1.82, 2.24) is 5.32 Å². The van der Waals surface area contributed by atoms with Crippen LogP contribution in [0.1, 0.15) is 26.3 Å². The van der Waals surface area contributed by atoms with Crippen LogP contribution in [0, 0.1) is 0 Å². The molecule has 0 radical (unpaired) electrons. The van der Waals surface area contributed by atoms with Crippen LogP contribution in [-0.2, 0) is 11.2 Å². The van der Waals surface area contributed by atoms with Gasteiger partial charge in [0, 0.05) is 17.9 Å². The molecule has 0 aliphatic carbocycles. The summed E-state index contributed by atoms with van der Waals surface area (Å²) in [4.78, 5) is 34.2. The molecule has 0 aliphatic heterocycles. The number of nitrogens with one attached hydrogen (secondary N) is 2. The highest BCUT2D eigenvalue weighted by Crippen LogP contribution is 2.18. The highest BCUT2D eigenvalue weighted by molar-refractivity contribution is 6.08. The Kier molecular flexibility index (Phi) is 6.15. The number of anilines is 2. The van der Waals surface area contributed by atoms with Crippen LogP contribution < -0.4 is 16.4 Å². The number of hydrogen-bond donors (Lipinski definition) is 4. The van der Waals surface area contributed by atoms with E-state index in [1.165, 1.54) is 25.3 Å². The second kappa shape index (κ2) is 8.52. The third kappa shape index (κ3) is 4.97. The number of nitrogens with two attached hydrogens (primary N) is 1. The van der Waals surface area contributed by atoms with Crippen LogP contribution in [0.3, 0.4) is 0 Å². The maximum Gasteiger partial charge on any atom is 0.404 e. The molecule has 8 heteroatoms. The topological polar surface area (TPSA) is 131 Å². The molecule has 8 nitrogen and oxygen atoms in total. The monoisotopic (exact) mass is 357 g/mol. The lowest BCUT2D eigenvalue weighted by atomic mass is 10.1. The van der Waals surface area contributed by atoms with E-state index in [4.69, 9.17) is 10.8 Å². The van der Waals surface area contributed by atoms with Gasteiger partial charge in [0.15, 0.2) is 0 Å². The van der Waals surface area contributed by atoms with E-state index in [1.807, 2.05) is 0 Å². The molecule has 2 aromatic carbocycles. The Morgan fingerprint density at radius 2 is 1.81 bits per heavy atom. The molecule has 0 aromatic heterocycles. The van der Waals surface area contributed by atoms with Crippen molar-refractivity contribution in [3.05, 3.63) is 59.2 Å². The first-order chi connectivity index (χ1) is 12.4. The zero-order valence-corrected chi connectivity index (χ0v) is 14.1. The maximum atomic E-state index is 12.3. The summed E-state index contributed by atoms with van der Waals surface area (Å²) in [7, 11) is 1.26. The van der Waals surface area contributed by atoms with E-state index < -0.39 is 18.0 Å². The number of methoxy groups -OCH3 is 1. The summed E-state index contributed by atoms with van der Waals surface area (Å²) in [5.74, 6) is -0.934. The zero-order chi connectivity index (χ0) is 19.1. The largest absolute Gasteiger partial charge is 0.465 e. The van der Waals surface area contributed by atoms with Crippen LogP contribution in [0.5, 0.6) is 0 Å². The van der Waals surface area contributed by atoms with E-state index in [0.29, 0.717) is 18.7 Å². The average molecular weight is 357 g/mol. The number of amides is 2. The summed E-state index contributed by atoms with van der Waals surface area (Å²) in [6, 6.07) is 11.3. The third-order valence-electron chi connectivity index (χ3n) is 3.62. The minimum absolute atomic E-state index is 0.168. The van der Waals surface area contributed by atoms with Crippen molar-refractivity contribution in [2.24, 2.45) is 0 Å². The molecule has 0 saturated carbocycles. The number of rotatable bonds is 6. The highest BCUT2D eigenvalue weighted by atomic mass is 16.5.